The maximum Gasteiger partial charge on any atom is -0.0201 e. The van der Waals surface area contributed by atoms with Crippen LogP contribution in [0.25, 0.3) is 0 Å². The van der Waals surface area contributed by atoms with Crippen LogP contribution in [0.2, 0.25) is 0 Å². The molecule has 0 N–H and O–H groups in total. The molecule has 11 heavy (non-hydrogen) atoms. The van der Waals surface area contributed by atoms with Crippen molar-refractivity contribution in [2.24, 2.45) is 22.7 Å². The van der Waals surface area contributed by atoms with Gasteiger partial charge in [-0.2, -0.15) is 0 Å². The van der Waals surface area contributed by atoms with E-state index in [1.54, 1.807) is 44.9 Å². The lowest BCUT2D eigenvalue weighted by Crippen LogP contribution is -1.94. The van der Waals surface area contributed by atoms with Crippen molar-refractivity contribution in [3.63, 3.8) is 0 Å². The molecule has 0 saturated heterocycles. The molecule has 0 heteroatoms. The molecule has 60 valence electrons. The minimum atomic E-state index is 0.998. The summed E-state index contributed by atoms with van der Waals surface area (Å²) in [6.45, 7) is 0. The average molecular weight is 148 g/mol. The van der Waals surface area contributed by atoms with Crippen molar-refractivity contribution in [1.82, 2.24) is 0 Å². The summed E-state index contributed by atoms with van der Waals surface area (Å²) in [7, 11) is 0. The fourth-order valence-electron chi connectivity index (χ4n) is 4.47. The molecule has 0 amide bonds. The largest absolute Gasteiger partial charge is 0.0530 e. The predicted octanol–water partition coefficient (Wildman–Crippen LogP) is 2.98. The van der Waals surface area contributed by atoms with Gasteiger partial charge in [0.2, 0.25) is 0 Å². The van der Waals surface area contributed by atoms with Crippen LogP contribution in [0.15, 0.2) is 0 Å². The summed E-state index contributed by atoms with van der Waals surface area (Å²) >= 11 is 0. The van der Waals surface area contributed by atoms with Crippen LogP contribution in [0.1, 0.15) is 44.9 Å². The minimum absolute atomic E-state index is 0.998. The van der Waals surface area contributed by atoms with E-state index in [1.165, 1.54) is 11.8 Å². The lowest BCUT2D eigenvalue weighted by atomic mass is 10.0. The summed E-state index contributed by atoms with van der Waals surface area (Å²) in [5.41, 5.74) is 2.00. The van der Waals surface area contributed by atoms with Gasteiger partial charge in [-0.1, -0.05) is 12.8 Å². The second-order valence-electron chi connectivity index (χ2n) is 5.58. The van der Waals surface area contributed by atoms with E-state index in [9.17, 15) is 0 Å². The van der Waals surface area contributed by atoms with Crippen molar-refractivity contribution < 1.29 is 0 Å². The molecule has 4 rings (SSSR count). The van der Waals surface area contributed by atoms with Crippen LogP contribution in [-0.2, 0) is 0 Å². The molecule has 0 radical (unpaired) electrons. The number of hydrogen-bond donors (Lipinski definition) is 0. The molecule has 4 unspecified atom stereocenters. The number of rotatable bonds is 0. The molecule has 4 atom stereocenters. The lowest BCUT2D eigenvalue weighted by molar-refractivity contribution is 0.467. The highest BCUT2D eigenvalue weighted by molar-refractivity contribution is 5.35. The Morgan fingerprint density at radius 3 is 1.91 bits per heavy atom. The van der Waals surface area contributed by atoms with Crippen molar-refractivity contribution in [2.75, 3.05) is 0 Å². The highest BCUT2D eigenvalue weighted by Gasteiger charge is 2.87. The summed E-state index contributed by atoms with van der Waals surface area (Å²) in [4.78, 5) is 0. The predicted molar refractivity (Wildman–Crippen MR) is 44.2 cm³/mol. The molecule has 0 heterocycles. The van der Waals surface area contributed by atoms with E-state index in [0.717, 1.165) is 10.8 Å². The first-order valence-electron chi connectivity index (χ1n) is 5.37. The SMILES string of the molecule is C1CCC2CC23CC32CC2C1. The van der Waals surface area contributed by atoms with Crippen molar-refractivity contribution in [1.29, 1.82) is 0 Å². The van der Waals surface area contributed by atoms with E-state index < -0.39 is 0 Å². The standard InChI is InChI=1S/C11H16/c1-2-4-9-6-11(9)7-10(11)5-8(10)3-1/h8-9H,1-7H2. The summed E-state index contributed by atoms with van der Waals surface area (Å²) < 4.78 is 0. The lowest BCUT2D eigenvalue weighted by Gasteiger charge is -2.04. The minimum Gasteiger partial charge on any atom is -0.0530 e. The summed E-state index contributed by atoms with van der Waals surface area (Å²) in [5, 5.41) is 0. The summed E-state index contributed by atoms with van der Waals surface area (Å²) in [6.07, 6.45) is 11.2. The van der Waals surface area contributed by atoms with Gasteiger partial charge in [0.25, 0.3) is 0 Å². The molecule has 0 aromatic carbocycles. The molecule has 4 saturated carbocycles. The molecule has 4 fully saturated rings. The summed E-state index contributed by atoms with van der Waals surface area (Å²) in [6, 6.07) is 0. The maximum atomic E-state index is 1.66. The first kappa shape index (κ1) is 5.61. The first-order chi connectivity index (χ1) is 5.37. The molecule has 0 aliphatic heterocycles. The highest BCUT2D eigenvalue weighted by atomic mass is 14.9. The van der Waals surface area contributed by atoms with Gasteiger partial charge < -0.3 is 0 Å². The third-order valence-corrected chi connectivity index (χ3v) is 5.32. The molecule has 2 spiro atoms. The van der Waals surface area contributed by atoms with Gasteiger partial charge in [-0.05, 0) is 54.8 Å². The molecule has 4 aliphatic carbocycles. The molecular formula is C11H16. The van der Waals surface area contributed by atoms with Crippen LogP contribution in [0.3, 0.4) is 0 Å². The quantitative estimate of drug-likeness (QED) is 0.495. The summed E-state index contributed by atoms with van der Waals surface area (Å²) in [5.74, 6) is 2.43. The zero-order valence-electron chi connectivity index (χ0n) is 7.10. The van der Waals surface area contributed by atoms with Crippen LogP contribution in [-0.4, -0.2) is 0 Å². The normalized spacial score (nSPS) is 69.8. The van der Waals surface area contributed by atoms with E-state index >= 15 is 0 Å². The zero-order chi connectivity index (χ0) is 7.10. The van der Waals surface area contributed by atoms with Gasteiger partial charge >= 0.3 is 0 Å². The molecule has 0 aromatic heterocycles. The fourth-order valence-corrected chi connectivity index (χ4v) is 4.47. The van der Waals surface area contributed by atoms with Gasteiger partial charge in [-0.25, -0.2) is 0 Å². The van der Waals surface area contributed by atoms with Crippen LogP contribution in [0.5, 0.6) is 0 Å². The van der Waals surface area contributed by atoms with Crippen molar-refractivity contribution in [2.45, 2.75) is 44.9 Å². The maximum absolute atomic E-state index is 1.66. The Morgan fingerprint density at radius 2 is 1.36 bits per heavy atom. The number of hydrogen-bond acceptors (Lipinski definition) is 0. The molecular weight excluding hydrogens is 132 g/mol. The Balaban J connectivity index is 1.71. The Hall–Kier alpha value is 0. The van der Waals surface area contributed by atoms with Gasteiger partial charge in [-0.3, -0.25) is 0 Å². The topological polar surface area (TPSA) is 0 Å². The second kappa shape index (κ2) is 1.30. The van der Waals surface area contributed by atoms with Crippen LogP contribution >= 0.6 is 0 Å². The van der Waals surface area contributed by atoms with Gasteiger partial charge in [0.15, 0.2) is 0 Å². The van der Waals surface area contributed by atoms with Gasteiger partial charge in [0.1, 0.15) is 0 Å². The Labute approximate surface area is 68.4 Å². The molecule has 0 aromatic rings. The Morgan fingerprint density at radius 1 is 0.818 bits per heavy atom. The second-order valence-corrected chi connectivity index (χ2v) is 5.58. The van der Waals surface area contributed by atoms with Crippen LogP contribution in [0, 0.1) is 22.7 Å². The van der Waals surface area contributed by atoms with Gasteiger partial charge in [0.05, 0.1) is 0 Å². The van der Waals surface area contributed by atoms with E-state index in [0.29, 0.717) is 0 Å². The Bertz CT molecular complexity index is 204. The van der Waals surface area contributed by atoms with Crippen molar-refractivity contribution in [3.8, 4) is 0 Å². The average Bonchev–Trinajstić information content (AvgIpc) is 2.89. The molecule has 0 nitrogen and oxygen atoms in total. The molecule has 0 bridgehead atoms. The van der Waals surface area contributed by atoms with Crippen molar-refractivity contribution in [3.05, 3.63) is 0 Å². The third-order valence-electron chi connectivity index (χ3n) is 5.32. The first-order valence-corrected chi connectivity index (χ1v) is 5.37. The van der Waals surface area contributed by atoms with Crippen LogP contribution in [0.4, 0.5) is 0 Å². The van der Waals surface area contributed by atoms with Gasteiger partial charge in [-0.15, -0.1) is 0 Å². The van der Waals surface area contributed by atoms with Gasteiger partial charge in [0, 0.05) is 0 Å². The fraction of sp³-hybridized carbons (Fsp3) is 1.00. The van der Waals surface area contributed by atoms with E-state index in [2.05, 4.69) is 0 Å². The highest BCUT2D eigenvalue weighted by Crippen LogP contribution is 2.94. The zero-order valence-corrected chi connectivity index (χ0v) is 7.10. The smallest absolute Gasteiger partial charge is 0.0201 e. The monoisotopic (exact) mass is 148 g/mol. The van der Waals surface area contributed by atoms with E-state index in [-0.39, 0.29) is 0 Å². The van der Waals surface area contributed by atoms with Crippen LogP contribution < -0.4 is 0 Å². The molecule has 4 aliphatic rings. The third kappa shape index (κ3) is 0.443. The van der Waals surface area contributed by atoms with E-state index in [4.69, 9.17) is 0 Å². The van der Waals surface area contributed by atoms with Crippen molar-refractivity contribution >= 4 is 0 Å². The Kier molecular flexibility index (Phi) is 0.661. The van der Waals surface area contributed by atoms with E-state index in [1.807, 2.05) is 0 Å².